The van der Waals surface area contributed by atoms with Crippen LogP contribution in [0, 0.1) is 0 Å². The molecule has 18 nitrogen and oxygen atoms in total. The van der Waals surface area contributed by atoms with Crippen molar-refractivity contribution in [2.45, 2.75) is 126 Å². The molecule has 18 heteroatoms. The van der Waals surface area contributed by atoms with Crippen LogP contribution in [0.1, 0.15) is 40.5 Å². The van der Waals surface area contributed by atoms with Crippen LogP contribution in [-0.2, 0) is 38.0 Å². The molecule has 0 radical (unpaired) electrons. The van der Waals surface area contributed by atoms with Gasteiger partial charge >= 0.3 is 5.97 Å². The minimum absolute atomic E-state index is 0. The molecule has 1 saturated carbocycles. The molecule has 3 fully saturated rings. The zero-order valence-corrected chi connectivity index (χ0v) is 24.1. The number of aliphatic hydroxyl groups excluding tert-OH is 5. The van der Waals surface area contributed by atoms with Gasteiger partial charge < -0.3 is 82.2 Å². The Morgan fingerprint density at radius 2 is 1.40 bits per heavy atom. The van der Waals surface area contributed by atoms with Gasteiger partial charge in [0.15, 0.2) is 12.6 Å². The summed E-state index contributed by atoms with van der Waals surface area (Å²) in [6, 6.07) is -3.64. The SMILES string of the molecule is C.C.COCCOC(=O)CCC(=O)NCC1O[C@H](O[C@@H]2C(N)C[C@@H](N)C(OC3O[C@H](CO)C(O)[C@@H](N)[C@H]3O)[C@H]2O)C(N)C[C@@H]1O. The topological polar surface area (TPSA) is 307 Å². The smallest absolute Gasteiger partial charge is 0.306 e. The second-order valence-corrected chi connectivity index (χ2v) is 11.1. The van der Waals surface area contributed by atoms with Crippen LogP contribution in [0.15, 0.2) is 0 Å². The number of hydrogen-bond donors (Lipinski definition) is 10. The molecule has 2 heterocycles. The predicted molar refractivity (Wildman–Crippen MR) is 158 cm³/mol. The highest BCUT2D eigenvalue weighted by Crippen LogP contribution is 2.30. The molecule has 14 N–H and O–H groups in total. The lowest BCUT2D eigenvalue weighted by Gasteiger charge is -2.47. The fraction of sp³-hybridized carbons (Fsp3) is 0.926. The third-order valence-corrected chi connectivity index (χ3v) is 7.79. The summed E-state index contributed by atoms with van der Waals surface area (Å²) in [6.07, 6.45) is -12.4. The Hall–Kier alpha value is -1.62. The van der Waals surface area contributed by atoms with Gasteiger partial charge in [0.1, 0.15) is 49.3 Å². The standard InChI is InChI=1S/C25H47N5O13.2CH4/c1-38-4-5-39-17(34)3-2-16(33)30-8-14-13(32)7-12(28)24(40-14)42-22-10(26)6-11(27)23(21(22)37)43-25-20(36)18(29)19(35)15(9-31)41-25;;/h10-15,18-25,31-32,35-37H,2-9,26-29H2,1H3,(H,30,33);2*1H4/t10?,11-,12?,13+,14?,15-,18-,19?,20-,21+,22-,23?,24-,25?;;/m1../s1. The summed E-state index contributed by atoms with van der Waals surface area (Å²) in [5.74, 6) is -1.02. The number of hydrogen-bond acceptors (Lipinski definition) is 17. The van der Waals surface area contributed by atoms with Crippen molar-refractivity contribution < 1.29 is 63.5 Å². The van der Waals surface area contributed by atoms with Crippen molar-refractivity contribution in [1.29, 1.82) is 0 Å². The molecule has 2 saturated heterocycles. The van der Waals surface area contributed by atoms with Crippen LogP contribution in [0.4, 0.5) is 0 Å². The second kappa shape index (κ2) is 19.3. The fourth-order valence-corrected chi connectivity index (χ4v) is 5.23. The van der Waals surface area contributed by atoms with Gasteiger partial charge in [-0.2, -0.15) is 0 Å². The summed E-state index contributed by atoms with van der Waals surface area (Å²) in [7, 11) is 1.47. The van der Waals surface area contributed by atoms with E-state index in [4.69, 9.17) is 51.4 Å². The summed E-state index contributed by atoms with van der Waals surface area (Å²) < 4.78 is 32.8. The van der Waals surface area contributed by atoms with E-state index >= 15 is 0 Å². The quantitative estimate of drug-likeness (QED) is 0.0655. The molecule has 0 aromatic heterocycles. The monoisotopic (exact) mass is 657 g/mol. The van der Waals surface area contributed by atoms with Gasteiger partial charge in [-0.3, -0.25) is 9.59 Å². The number of amides is 1. The van der Waals surface area contributed by atoms with Crippen LogP contribution in [-0.4, -0.2) is 156 Å². The molecule has 3 rings (SSSR count). The Kier molecular flexibility index (Phi) is 17.7. The number of methoxy groups -OCH3 is 1. The first-order valence-corrected chi connectivity index (χ1v) is 14.3. The first-order chi connectivity index (χ1) is 20.4. The number of nitrogens with one attached hydrogen (secondary N) is 1. The van der Waals surface area contributed by atoms with Crippen molar-refractivity contribution in [3.8, 4) is 0 Å². The molecule has 14 atom stereocenters. The van der Waals surface area contributed by atoms with E-state index in [0.29, 0.717) is 0 Å². The van der Waals surface area contributed by atoms with Crippen LogP contribution in [0.25, 0.3) is 0 Å². The Morgan fingerprint density at radius 1 is 0.800 bits per heavy atom. The first kappa shape index (κ1) is 41.4. The van der Waals surface area contributed by atoms with E-state index in [2.05, 4.69) is 5.32 Å². The van der Waals surface area contributed by atoms with Gasteiger partial charge in [0.05, 0.1) is 37.8 Å². The molecule has 0 spiro atoms. The van der Waals surface area contributed by atoms with Crippen molar-refractivity contribution in [1.82, 2.24) is 5.32 Å². The number of carbonyl (C=O) groups excluding carboxylic acids is 2. The van der Waals surface area contributed by atoms with Crippen LogP contribution < -0.4 is 28.3 Å². The fourth-order valence-electron chi connectivity index (χ4n) is 5.23. The maximum absolute atomic E-state index is 12.2. The number of carbonyl (C=O) groups is 2. The minimum atomic E-state index is -1.50. The zero-order chi connectivity index (χ0) is 31.8. The lowest BCUT2D eigenvalue weighted by molar-refractivity contribution is -0.315. The molecule has 1 aliphatic carbocycles. The van der Waals surface area contributed by atoms with Gasteiger partial charge in [-0.15, -0.1) is 0 Å². The van der Waals surface area contributed by atoms with Crippen LogP contribution in [0.2, 0.25) is 0 Å². The summed E-state index contributed by atoms with van der Waals surface area (Å²) in [5, 5.41) is 54.3. The van der Waals surface area contributed by atoms with Crippen molar-refractivity contribution in [3.63, 3.8) is 0 Å². The van der Waals surface area contributed by atoms with Gasteiger partial charge in [0.2, 0.25) is 5.91 Å². The zero-order valence-electron chi connectivity index (χ0n) is 24.1. The Labute approximate surface area is 263 Å². The van der Waals surface area contributed by atoms with E-state index < -0.39 is 104 Å². The van der Waals surface area contributed by atoms with Crippen LogP contribution in [0.3, 0.4) is 0 Å². The van der Waals surface area contributed by atoms with Crippen LogP contribution in [0.5, 0.6) is 0 Å². The maximum atomic E-state index is 12.2. The van der Waals surface area contributed by atoms with E-state index in [1.807, 2.05) is 0 Å². The van der Waals surface area contributed by atoms with Crippen molar-refractivity contribution >= 4 is 11.9 Å². The number of esters is 1. The van der Waals surface area contributed by atoms with Crippen molar-refractivity contribution in [3.05, 3.63) is 0 Å². The summed E-state index contributed by atoms with van der Waals surface area (Å²) in [4.78, 5) is 23.9. The number of aliphatic hydroxyl groups is 5. The van der Waals surface area contributed by atoms with E-state index in [0.717, 1.165) is 0 Å². The van der Waals surface area contributed by atoms with Crippen molar-refractivity contribution in [2.75, 3.05) is 33.5 Å². The first-order valence-electron chi connectivity index (χ1n) is 14.3. The van der Waals surface area contributed by atoms with Gasteiger partial charge in [-0.05, 0) is 12.8 Å². The predicted octanol–water partition coefficient (Wildman–Crippen LogP) is -4.90. The van der Waals surface area contributed by atoms with Gasteiger partial charge in [-0.25, -0.2) is 0 Å². The van der Waals surface area contributed by atoms with Gasteiger partial charge in [-0.1, -0.05) is 14.9 Å². The summed E-state index contributed by atoms with van der Waals surface area (Å²) in [6.45, 7) is -0.386. The third-order valence-electron chi connectivity index (χ3n) is 7.79. The number of nitrogens with two attached hydrogens (primary N) is 4. The highest BCUT2D eigenvalue weighted by atomic mass is 16.7. The minimum Gasteiger partial charge on any atom is -0.463 e. The molecule has 0 aromatic rings. The van der Waals surface area contributed by atoms with Gasteiger partial charge in [0.25, 0.3) is 0 Å². The Bertz CT molecular complexity index is 892. The number of ether oxygens (including phenoxy) is 6. The van der Waals surface area contributed by atoms with Crippen molar-refractivity contribution in [2.24, 2.45) is 22.9 Å². The second-order valence-electron chi connectivity index (χ2n) is 11.1. The molecule has 3 aliphatic rings. The summed E-state index contributed by atoms with van der Waals surface area (Å²) >= 11 is 0. The molecular formula is C27H55N5O13. The third kappa shape index (κ3) is 11.0. The van der Waals surface area contributed by atoms with E-state index in [-0.39, 0.29) is 60.3 Å². The average molecular weight is 658 g/mol. The lowest BCUT2D eigenvalue weighted by atomic mass is 9.84. The molecule has 1 amide bonds. The normalized spacial score (nSPS) is 40.0. The molecule has 45 heavy (non-hydrogen) atoms. The largest absolute Gasteiger partial charge is 0.463 e. The van der Waals surface area contributed by atoms with Gasteiger partial charge in [0, 0.05) is 32.2 Å². The Balaban J connectivity index is 0.00000506. The molecule has 6 unspecified atom stereocenters. The van der Waals surface area contributed by atoms with Crippen LogP contribution >= 0.6 is 0 Å². The lowest BCUT2D eigenvalue weighted by Crippen LogP contribution is -2.68. The molecule has 2 aliphatic heterocycles. The van der Waals surface area contributed by atoms with E-state index in [1.54, 1.807) is 0 Å². The summed E-state index contributed by atoms with van der Waals surface area (Å²) in [5.41, 5.74) is 24.5. The maximum Gasteiger partial charge on any atom is 0.306 e. The number of rotatable bonds is 13. The highest BCUT2D eigenvalue weighted by Gasteiger charge is 2.50. The average Bonchev–Trinajstić information content (AvgIpc) is 2.96. The molecule has 266 valence electrons. The van der Waals surface area contributed by atoms with E-state index in [9.17, 15) is 35.1 Å². The highest BCUT2D eigenvalue weighted by molar-refractivity contribution is 5.81. The molecular weight excluding hydrogens is 602 g/mol. The molecule has 0 aromatic carbocycles. The van der Waals surface area contributed by atoms with E-state index in [1.165, 1.54) is 7.11 Å². The Morgan fingerprint density at radius 3 is 2.00 bits per heavy atom. The molecule has 0 bridgehead atoms.